The van der Waals surface area contributed by atoms with Gasteiger partial charge in [0.15, 0.2) is 6.10 Å². The van der Waals surface area contributed by atoms with E-state index >= 15 is 0 Å². The lowest BCUT2D eigenvalue weighted by Crippen LogP contribution is -2.37. The van der Waals surface area contributed by atoms with E-state index in [2.05, 4.69) is 11.4 Å². The van der Waals surface area contributed by atoms with Gasteiger partial charge in [-0.2, -0.15) is 0 Å². The third-order valence-corrected chi connectivity index (χ3v) is 3.77. The SMILES string of the molecule is CC[C@@H](Oc1cc(C)cc(C)c1)C(=O)NCc1ccc(Cl)cc1. The van der Waals surface area contributed by atoms with E-state index in [9.17, 15) is 4.79 Å². The molecule has 0 bridgehead atoms. The van der Waals surface area contributed by atoms with E-state index in [-0.39, 0.29) is 5.91 Å². The first-order valence-electron chi connectivity index (χ1n) is 7.75. The number of ether oxygens (including phenoxy) is 1. The first-order chi connectivity index (χ1) is 11.0. The molecule has 0 saturated carbocycles. The molecule has 0 aliphatic carbocycles. The Hall–Kier alpha value is -2.00. The van der Waals surface area contributed by atoms with Crippen LogP contribution in [-0.4, -0.2) is 12.0 Å². The van der Waals surface area contributed by atoms with Crippen LogP contribution in [0.25, 0.3) is 0 Å². The zero-order valence-electron chi connectivity index (χ0n) is 13.7. The second kappa shape index (κ2) is 8.02. The molecule has 3 nitrogen and oxygen atoms in total. The van der Waals surface area contributed by atoms with Crippen LogP contribution >= 0.6 is 11.6 Å². The van der Waals surface area contributed by atoms with Crippen molar-refractivity contribution >= 4 is 17.5 Å². The molecular weight excluding hydrogens is 310 g/mol. The zero-order chi connectivity index (χ0) is 16.8. The van der Waals surface area contributed by atoms with Crippen molar-refractivity contribution in [1.29, 1.82) is 0 Å². The van der Waals surface area contributed by atoms with Crippen LogP contribution in [0.3, 0.4) is 0 Å². The number of halogens is 1. The van der Waals surface area contributed by atoms with Gasteiger partial charge >= 0.3 is 0 Å². The molecule has 0 heterocycles. The van der Waals surface area contributed by atoms with Crippen LogP contribution in [0.5, 0.6) is 5.75 Å². The normalized spacial score (nSPS) is 11.8. The van der Waals surface area contributed by atoms with Gasteiger partial charge in [-0.25, -0.2) is 0 Å². The number of benzene rings is 2. The number of rotatable bonds is 6. The average Bonchev–Trinajstić information content (AvgIpc) is 2.51. The number of hydrogen-bond donors (Lipinski definition) is 1. The number of amides is 1. The maximum absolute atomic E-state index is 12.3. The maximum Gasteiger partial charge on any atom is 0.261 e. The van der Waals surface area contributed by atoms with Gasteiger partial charge in [-0.3, -0.25) is 4.79 Å². The van der Waals surface area contributed by atoms with Crippen molar-refractivity contribution in [3.8, 4) is 5.75 Å². The van der Waals surface area contributed by atoms with Crippen molar-refractivity contribution < 1.29 is 9.53 Å². The topological polar surface area (TPSA) is 38.3 Å². The molecule has 1 amide bonds. The molecule has 0 spiro atoms. The number of carbonyl (C=O) groups excluding carboxylic acids is 1. The minimum Gasteiger partial charge on any atom is -0.481 e. The number of aryl methyl sites for hydroxylation is 2. The Morgan fingerprint density at radius 2 is 1.74 bits per heavy atom. The molecule has 1 atom stereocenters. The number of nitrogens with one attached hydrogen (secondary N) is 1. The van der Waals surface area contributed by atoms with Crippen molar-refractivity contribution in [2.24, 2.45) is 0 Å². The van der Waals surface area contributed by atoms with E-state index in [1.165, 1.54) is 0 Å². The molecule has 0 fully saturated rings. The summed E-state index contributed by atoms with van der Waals surface area (Å²) >= 11 is 5.86. The first-order valence-corrected chi connectivity index (χ1v) is 8.13. The quantitative estimate of drug-likeness (QED) is 0.850. The summed E-state index contributed by atoms with van der Waals surface area (Å²) in [6, 6.07) is 13.4. The minimum absolute atomic E-state index is 0.110. The second-order valence-corrected chi connectivity index (χ2v) is 6.12. The predicted molar refractivity (Wildman–Crippen MR) is 93.9 cm³/mol. The summed E-state index contributed by atoms with van der Waals surface area (Å²) in [5.41, 5.74) is 3.25. The van der Waals surface area contributed by atoms with E-state index in [1.807, 2.05) is 57.2 Å². The van der Waals surface area contributed by atoms with Gasteiger partial charge < -0.3 is 10.1 Å². The molecule has 2 rings (SSSR count). The highest BCUT2D eigenvalue weighted by atomic mass is 35.5. The smallest absolute Gasteiger partial charge is 0.261 e. The van der Waals surface area contributed by atoms with Gasteiger partial charge in [-0.1, -0.05) is 36.7 Å². The summed E-state index contributed by atoms with van der Waals surface area (Å²) in [5.74, 6) is 0.623. The molecule has 0 radical (unpaired) electrons. The van der Waals surface area contributed by atoms with Gasteiger partial charge in [-0.15, -0.1) is 0 Å². The lowest BCUT2D eigenvalue weighted by atomic mass is 10.1. The van der Waals surface area contributed by atoms with Gasteiger partial charge in [0.05, 0.1) is 0 Å². The van der Waals surface area contributed by atoms with Gasteiger partial charge in [0, 0.05) is 11.6 Å². The third kappa shape index (κ3) is 5.29. The Bertz CT molecular complexity index is 647. The molecular formula is C19H22ClNO2. The Morgan fingerprint density at radius 1 is 1.13 bits per heavy atom. The lowest BCUT2D eigenvalue weighted by molar-refractivity contribution is -0.128. The van der Waals surface area contributed by atoms with Gasteiger partial charge in [-0.05, 0) is 61.2 Å². The standard InChI is InChI=1S/C19H22ClNO2/c1-4-18(23-17-10-13(2)9-14(3)11-17)19(22)21-12-15-5-7-16(20)8-6-15/h5-11,18H,4,12H2,1-3H3,(H,21,22)/t18-/m1/s1. The first kappa shape index (κ1) is 17.4. The monoisotopic (exact) mass is 331 g/mol. The number of hydrogen-bond acceptors (Lipinski definition) is 2. The average molecular weight is 332 g/mol. The highest BCUT2D eigenvalue weighted by Gasteiger charge is 2.18. The molecule has 2 aromatic carbocycles. The van der Waals surface area contributed by atoms with Crippen molar-refractivity contribution in [3.63, 3.8) is 0 Å². The van der Waals surface area contributed by atoms with Crippen molar-refractivity contribution in [2.75, 3.05) is 0 Å². The molecule has 2 aromatic rings. The lowest BCUT2D eigenvalue weighted by Gasteiger charge is -2.18. The molecule has 0 aliphatic rings. The zero-order valence-corrected chi connectivity index (χ0v) is 14.5. The van der Waals surface area contributed by atoms with E-state index < -0.39 is 6.10 Å². The van der Waals surface area contributed by atoms with E-state index in [4.69, 9.17) is 16.3 Å². The van der Waals surface area contributed by atoms with Gasteiger partial charge in [0.25, 0.3) is 5.91 Å². The summed E-state index contributed by atoms with van der Waals surface area (Å²) in [6.07, 6.45) is 0.114. The molecule has 0 aromatic heterocycles. The van der Waals surface area contributed by atoms with Crippen LogP contribution in [0.1, 0.15) is 30.0 Å². The predicted octanol–water partition coefficient (Wildman–Crippen LogP) is 4.43. The Labute approximate surface area is 142 Å². The molecule has 23 heavy (non-hydrogen) atoms. The van der Waals surface area contributed by atoms with Crippen molar-refractivity contribution in [2.45, 2.75) is 39.8 Å². The van der Waals surface area contributed by atoms with Crippen LogP contribution in [-0.2, 0) is 11.3 Å². The summed E-state index contributed by atoms with van der Waals surface area (Å²) in [4.78, 5) is 12.3. The molecule has 0 aliphatic heterocycles. The van der Waals surface area contributed by atoms with Crippen molar-refractivity contribution in [1.82, 2.24) is 5.32 Å². The van der Waals surface area contributed by atoms with Crippen LogP contribution in [0, 0.1) is 13.8 Å². The van der Waals surface area contributed by atoms with Crippen LogP contribution < -0.4 is 10.1 Å². The highest BCUT2D eigenvalue weighted by Crippen LogP contribution is 2.18. The summed E-state index contributed by atoms with van der Waals surface area (Å²) < 4.78 is 5.86. The van der Waals surface area contributed by atoms with E-state index in [0.29, 0.717) is 18.0 Å². The van der Waals surface area contributed by atoms with Crippen molar-refractivity contribution in [3.05, 3.63) is 64.2 Å². The fourth-order valence-corrected chi connectivity index (χ4v) is 2.52. The molecule has 122 valence electrons. The summed E-state index contributed by atoms with van der Waals surface area (Å²) in [5, 5.41) is 3.60. The summed E-state index contributed by atoms with van der Waals surface area (Å²) in [7, 11) is 0. The van der Waals surface area contributed by atoms with Crippen LogP contribution in [0.2, 0.25) is 5.02 Å². The van der Waals surface area contributed by atoms with E-state index in [1.54, 1.807) is 0 Å². The molecule has 4 heteroatoms. The van der Waals surface area contributed by atoms with Gasteiger partial charge in [0.2, 0.25) is 0 Å². The van der Waals surface area contributed by atoms with E-state index in [0.717, 1.165) is 22.4 Å². The Balaban J connectivity index is 1.96. The van der Waals surface area contributed by atoms with Gasteiger partial charge in [0.1, 0.15) is 5.75 Å². The Kier molecular flexibility index (Phi) is 6.05. The molecule has 0 saturated heterocycles. The largest absolute Gasteiger partial charge is 0.481 e. The highest BCUT2D eigenvalue weighted by molar-refractivity contribution is 6.30. The van der Waals surface area contributed by atoms with Crippen LogP contribution in [0.15, 0.2) is 42.5 Å². The minimum atomic E-state index is -0.497. The number of carbonyl (C=O) groups is 1. The fraction of sp³-hybridized carbons (Fsp3) is 0.316. The maximum atomic E-state index is 12.3. The van der Waals surface area contributed by atoms with Crippen LogP contribution in [0.4, 0.5) is 0 Å². The summed E-state index contributed by atoms with van der Waals surface area (Å²) in [6.45, 7) is 6.43. The second-order valence-electron chi connectivity index (χ2n) is 5.68. The fourth-order valence-electron chi connectivity index (χ4n) is 2.39. The Morgan fingerprint density at radius 3 is 2.30 bits per heavy atom. The third-order valence-electron chi connectivity index (χ3n) is 3.52. The molecule has 0 unspecified atom stereocenters. The molecule has 1 N–H and O–H groups in total.